The average molecular weight is 199 g/mol. The van der Waals surface area contributed by atoms with Crippen LogP contribution in [-0.4, -0.2) is 22.6 Å². The number of rotatable bonds is 3. The van der Waals surface area contributed by atoms with Gasteiger partial charge in [0.05, 0.1) is 7.11 Å². The predicted octanol–water partition coefficient (Wildman–Crippen LogP) is -1.79. The van der Waals surface area contributed by atoms with E-state index in [1.807, 2.05) is 10.5 Å². The van der Waals surface area contributed by atoms with Crippen LogP contribution in [0.2, 0.25) is 0 Å². The third-order valence-electron chi connectivity index (χ3n) is 1.43. The van der Waals surface area contributed by atoms with Gasteiger partial charge >= 0.3 is 5.69 Å². The molecule has 1 aromatic heterocycles. The van der Waals surface area contributed by atoms with Crippen molar-refractivity contribution < 1.29 is 9.63 Å². The summed E-state index contributed by atoms with van der Waals surface area (Å²) >= 11 is 0. The van der Waals surface area contributed by atoms with Crippen LogP contribution in [-0.2, 0) is 16.2 Å². The Morgan fingerprint density at radius 2 is 2.36 bits per heavy atom. The summed E-state index contributed by atoms with van der Waals surface area (Å²) in [4.78, 5) is 39.1. The van der Waals surface area contributed by atoms with Gasteiger partial charge in [0.15, 0.2) is 0 Å². The molecule has 14 heavy (non-hydrogen) atoms. The molecule has 0 fully saturated rings. The molecule has 1 amide bonds. The number of aromatic nitrogens is 2. The lowest BCUT2D eigenvalue weighted by molar-refractivity contribution is -0.132. The zero-order valence-corrected chi connectivity index (χ0v) is 7.44. The number of carbonyl (C=O) groups is 1. The van der Waals surface area contributed by atoms with Crippen molar-refractivity contribution in [3.05, 3.63) is 33.1 Å². The Morgan fingerprint density at radius 3 is 2.93 bits per heavy atom. The van der Waals surface area contributed by atoms with E-state index in [1.165, 1.54) is 13.3 Å². The largest absolute Gasteiger partial charge is 0.328 e. The summed E-state index contributed by atoms with van der Waals surface area (Å²) in [6.45, 7) is -0.205. The van der Waals surface area contributed by atoms with Crippen molar-refractivity contribution in [1.29, 1.82) is 0 Å². The highest BCUT2D eigenvalue weighted by Crippen LogP contribution is 1.76. The molecule has 0 spiro atoms. The summed E-state index contributed by atoms with van der Waals surface area (Å²) in [6, 6.07) is 1.15. The van der Waals surface area contributed by atoms with E-state index in [9.17, 15) is 14.4 Å². The van der Waals surface area contributed by atoms with Gasteiger partial charge in [-0.05, 0) is 0 Å². The van der Waals surface area contributed by atoms with Gasteiger partial charge in [0.1, 0.15) is 6.54 Å². The van der Waals surface area contributed by atoms with Crippen LogP contribution >= 0.6 is 0 Å². The SMILES string of the molecule is CONC(=O)Cn1ccc(=O)[nH]c1=O. The van der Waals surface area contributed by atoms with Crippen molar-refractivity contribution >= 4 is 5.91 Å². The van der Waals surface area contributed by atoms with Gasteiger partial charge in [-0.2, -0.15) is 0 Å². The van der Waals surface area contributed by atoms with E-state index < -0.39 is 17.2 Å². The summed E-state index contributed by atoms with van der Waals surface area (Å²) in [5.41, 5.74) is 0.908. The molecule has 76 valence electrons. The Bertz CT molecular complexity index is 433. The van der Waals surface area contributed by atoms with Crippen LogP contribution in [0.25, 0.3) is 0 Å². The Morgan fingerprint density at radius 1 is 1.64 bits per heavy atom. The second-order valence-electron chi connectivity index (χ2n) is 2.47. The zero-order chi connectivity index (χ0) is 10.6. The number of hydrogen-bond acceptors (Lipinski definition) is 4. The molecule has 2 N–H and O–H groups in total. The van der Waals surface area contributed by atoms with Crippen LogP contribution in [0, 0.1) is 0 Å². The number of nitrogens with zero attached hydrogens (tertiary/aromatic N) is 1. The second-order valence-corrected chi connectivity index (χ2v) is 2.47. The van der Waals surface area contributed by atoms with Crippen molar-refractivity contribution in [1.82, 2.24) is 15.0 Å². The summed E-state index contributed by atoms with van der Waals surface area (Å²) in [5.74, 6) is -0.485. The maximum Gasteiger partial charge on any atom is 0.328 e. The highest BCUT2D eigenvalue weighted by Gasteiger charge is 2.03. The van der Waals surface area contributed by atoms with E-state index in [0.717, 1.165) is 10.6 Å². The molecule has 0 atom stereocenters. The predicted molar refractivity (Wildman–Crippen MR) is 46.5 cm³/mol. The fourth-order valence-electron chi connectivity index (χ4n) is 0.870. The average Bonchev–Trinajstić information content (AvgIpc) is 2.10. The summed E-state index contributed by atoms with van der Waals surface area (Å²) < 4.78 is 1.05. The van der Waals surface area contributed by atoms with Gasteiger partial charge in [0, 0.05) is 12.3 Å². The van der Waals surface area contributed by atoms with Gasteiger partial charge in [-0.15, -0.1) is 0 Å². The third kappa shape index (κ3) is 2.56. The fraction of sp³-hybridized carbons (Fsp3) is 0.286. The number of carbonyl (C=O) groups excluding carboxylic acids is 1. The minimum absolute atomic E-state index is 0.205. The number of hydrogen-bond donors (Lipinski definition) is 2. The molecule has 0 aromatic carbocycles. The van der Waals surface area contributed by atoms with Gasteiger partial charge in [0.25, 0.3) is 11.5 Å². The topological polar surface area (TPSA) is 93.2 Å². The van der Waals surface area contributed by atoms with E-state index in [0.29, 0.717) is 0 Å². The lowest BCUT2D eigenvalue weighted by Gasteiger charge is -2.03. The molecule has 0 aliphatic heterocycles. The highest BCUT2D eigenvalue weighted by molar-refractivity contribution is 5.74. The Labute approximate surface area is 78.3 Å². The second kappa shape index (κ2) is 4.38. The minimum atomic E-state index is -0.635. The van der Waals surface area contributed by atoms with Gasteiger partial charge in [-0.25, -0.2) is 10.3 Å². The first kappa shape index (κ1) is 10.2. The molecule has 0 saturated heterocycles. The lowest BCUT2D eigenvalue weighted by atomic mass is 10.5. The summed E-state index contributed by atoms with van der Waals surface area (Å²) in [7, 11) is 1.29. The molecule has 7 heteroatoms. The van der Waals surface area contributed by atoms with E-state index >= 15 is 0 Å². The molecule has 1 rings (SSSR count). The van der Waals surface area contributed by atoms with Crippen molar-refractivity contribution in [2.45, 2.75) is 6.54 Å². The van der Waals surface area contributed by atoms with Crippen molar-refractivity contribution in [2.75, 3.05) is 7.11 Å². The van der Waals surface area contributed by atoms with Crippen molar-refractivity contribution in [3.63, 3.8) is 0 Å². The first-order valence-electron chi connectivity index (χ1n) is 3.75. The molecule has 1 heterocycles. The van der Waals surface area contributed by atoms with Crippen LogP contribution in [0.15, 0.2) is 21.9 Å². The molecule has 0 aliphatic carbocycles. The maximum atomic E-state index is 11.1. The van der Waals surface area contributed by atoms with Gasteiger partial charge in [-0.1, -0.05) is 0 Å². The fourth-order valence-corrected chi connectivity index (χ4v) is 0.870. The van der Waals surface area contributed by atoms with Crippen LogP contribution in [0.4, 0.5) is 0 Å². The van der Waals surface area contributed by atoms with Crippen LogP contribution in [0.5, 0.6) is 0 Å². The molecule has 0 unspecified atom stereocenters. The molecular formula is C7H9N3O4. The van der Waals surface area contributed by atoms with E-state index in [2.05, 4.69) is 4.84 Å². The monoisotopic (exact) mass is 199 g/mol. The normalized spacial score (nSPS) is 9.79. The highest BCUT2D eigenvalue weighted by atomic mass is 16.6. The summed E-state index contributed by atoms with van der Waals surface area (Å²) in [6.07, 6.45) is 1.23. The third-order valence-corrected chi connectivity index (χ3v) is 1.43. The molecule has 0 aliphatic rings. The van der Waals surface area contributed by atoms with Crippen molar-refractivity contribution in [3.8, 4) is 0 Å². The van der Waals surface area contributed by atoms with Gasteiger partial charge in [-0.3, -0.25) is 24.0 Å². The quantitative estimate of drug-likeness (QED) is 0.562. The Balaban J connectivity index is 2.82. The first-order valence-corrected chi connectivity index (χ1v) is 3.75. The molecule has 0 saturated carbocycles. The maximum absolute atomic E-state index is 11.1. The number of aromatic amines is 1. The summed E-state index contributed by atoms with van der Waals surface area (Å²) in [5, 5.41) is 0. The number of amides is 1. The van der Waals surface area contributed by atoms with Crippen LogP contribution in [0.1, 0.15) is 0 Å². The molecule has 0 bridgehead atoms. The Kier molecular flexibility index (Phi) is 3.19. The smallest absolute Gasteiger partial charge is 0.291 e. The molecule has 0 radical (unpaired) electrons. The zero-order valence-electron chi connectivity index (χ0n) is 7.44. The first-order chi connectivity index (χ1) is 6.63. The standard InChI is InChI=1S/C7H9N3O4/c1-14-9-6(12)4-10-3-2-5(11)8-7(10)13/h2-3H,4H2,1H3,(H,9,12)(H,8,11,13). The number of hydroxylamine groups is 1. The van der Waals surface area contributed by atoms with Gasteiger partial charge < -0.3 is 0 Å². The molecular weight excluding hydrogens is 190 g/mol. The number of H-pyrrole nitrogens is 1. The molecule has 7 nitrogen and oxygen atoms in total. The molecule has 1 aromatic rings. The van der Waals surface area contributed by atoms with Crippen LogP contribution in [0.3, 0.4) is 0 Å². The minimum Gasteiger partial charge on any atom is -0.291 e. The van der Waals surface area contributed by atoms with Crippen LogP contribution < -0.4 is 16.7 Å². The van der Waals surface area contributed by atoms with Gasteiger partial charge in [0.2, 0.25) is 0 Å². The van der Waals surface area contributed by atoms with E-state index in [1.54, 1.807) is 0 Å². The van der Waals surface area contributed by atoms with E-state index in [4.69, 9.17) is 0 Å². The van der Waals surface area contributed by atoms with Crippen molar-refractivity contribution in [2.24, 2.45) is 0 Å². The van der Waals surface area contributed by atoms with E-state index in [-0.39, 0.29) is 6.54 Å². The lowest BCUT2D eigenvalue weighted by Crippen LogP contribution is -2.34. The number of nitrogens with one attached hydrogen (secondary N) is 2. The Hall–Kier alpha value is -1.89.